The first kappa shape index (κ1) is 27.6. The third-order valence-electron chi connectivity index (χ3n) is 8.78. The van der Waals surface area contributed by atoms with E-state index in [2.05, 4.69) is 18.3 Å². The summed E-state index contributed by atoms with van der Waals surface area (Å²) in [5.41, 5.74) is 2.00. The van der Waals surface area contributed by atoms with E-state index in [-0.39, 0.29) is 30.1 Å². The zero-order valence-corrected chi connectivity index (χ0v) is 22.9. The van der Waals surface area contributed by atoms with Crippen LogP contribution in [0, 0.1) is 11.8 Å². The molecule has 8 nitrogen and oxygen atoms in total. The van der Waals surface area contributed by atoms with Crippen molar-refractivity contribution >= 4 is 23.6 Å². The summed E-state index contributed by atoms with van der Waals surface area (Å²) in [5.74, 6) is 0.0152. The quantitative estimate of drug-likeness (QED) is 0.272. The summed E-state index contributed by atoms with van der Waals surface area (Å²) >= 11 is 0. The van der Waals surface area contributed by atoms with Crippen molar-refractivity contribution in [1.82, 2.24) is 10.2 Å². The smallest absolute Gasteiger partial charge is 0.266 e. The highest BCUT2D eigenvalue weighted by Gasteiger charge is 2.46. The van der Waals surface area contributed by atoms with Gasteiger partial charge in [-0.3, -0.25) is 29.4 Å². The number of amides is 4. The van der Waals surface area contributed by atoms with Crippen LogP contribution in [0.15, 0.2) is 29.8 Å². The maximum Gasteiger partial charge on any atom is 0.266 e. The summed E-state index contributed by atoms with van der Waals surface area (Å²) in [5, 5.41) is 2.22. The average Bonchev–Trinajstić information content (AvgIpc) is 3.19. The minimum Gasteiger partial charge on any atom is -0.493 e. The number of rotatable bonds is 9. The van der Waals surface area contributed by atoms with Gasteiger partial charge in [0.1, 0.15) is 11.8 Å². The number of ether oxygens (including phenoxy) is 2. The second-order valence-electron chi connectivity index (χ2n) is 11.6. The number of benzene rings is 1. The van der Waals surface area contributed by atoms with Gasteiger partial charge in [-0.2, -0.15) is 0 Å². The molecule has 2 saturated carbocycles. The van der Waals surface area contributed by atoms with Gasteiger partial charge in [-0.1, -0.05) is 37.5 Å². The highest BCUT2D eigenvalue weighted by atomic mass is 16.5. The number of imide groups is 2. The van der Waals surface area contributed by atoms with Crippen molar-refractivity contribution in [2.45, 2.75) is 96.1 Å². The van der Waals surface area contributed by atoms with E-state index in [0.717, 1.165) is 42.4 Å². The van der Waals surface area contributed by atoms with Gasteiger partial charge in [-0.15, -0.1) is 0 Å². The van der Waals surface area contributed by atoms with E-state index in [4.69, 9.17) is 9.47 Å². The number of nitrogens with one attached hydrogen (secondary N) is 1. The molecular weight excluding hydrogens is 496 g/mol. The number of allylic oxidation sites excluding steroid dienone is 2. The van der Waals surface area contributed by atoms with Crippen molar-refractivity contribution in [2.24, 2.45) is 11.8 Å². The summed E-state index contributed by atoms with van der Waals surface area (Å²) in [6.45, 7) is 3.31. The lowest BCUT2D eigenvalue weighted by atomic mass is 9.80. The average molecular weight is 537 g/mol. The molecule has 39 heavy (non-hydrogen) atoms. The van der Waals surface area contributed by atoms with Gasteiger partial charge in [-0.05, 0) is 75.3 Å². The maximum absolute atomic E-state index is 13.2. The molecule has 2 aliphatic heterocycles. The molecule has 1 aromatic rings. The second kappa shape index (κ2) is 12.5. The normalized spacial score (nSPS) is 27.4. The molecule has 5 rings (SSSR count). The number of fused-ring (bicyclic) bond motifs is 1. The molecule has 4 aliphatic rings. The monoisotopic (exact) mass is 536 g/mol. The fourth-order valence-electron chi connectivity index (χ4n) is 6.33. The fourth-order valence-corrected chi connectivity index (χ4v) is 6.33. The zero-order valence-electron chi connectivity index (χ0n) is 22.9. The lowest BCUT2D eigenvalue weighted by Gasteiger charge is -2.27. The van der Waals surface area contributed by atoms with E-state index in [1.165, 1.54) is 32.1 Å². The number of carbonyl (C=O) groups is 4. The molecule has 0 bridgehead atoms. The standard InChI is InChI=1S/C31H40N2O6/c1-20-6-8-21(9-7-20)10-11-22-12-14-23(15-13-22)38-18-3-19-39-26-5-2-4-24-28(26)31(37)33(30(24)36)25-16-17-27(34)32-29(25)35/h2,4-5,11,20-21,23,25H,3,6-10,12-19H2,1H3,(H,32,34,35). The molecule has 0 radical (unpaired) electrons. The van der Waals surface area contributed by atoms with E-state index < -0.39 is 29.7 Å². The van der Waals surface area contributed by atoms with Gasteiger partial charge >= 0.3 is 0 Å². The van der Waals surface area contributed by atoms with E-state index >= 15 is 0 Å². The molecule has 0 spiro atoms. The Labute approximate surface area is 230 Å². The molecule has 8 heteroatoms. The Morgan fingerprint density at radius 3 is 2.44 bits per heavy atom. The minimum absolute atomic E-state index is 0.0889. The molecule has 1 unspecified atom stereocenters. The first-order chi connectivity index (χ1) is 18.9. The molecule has 1 saturated heterocycles. The highest BCUT2D eigenvalue weighted by Crippen LogP contribution is 2.34. The fraction of sp³-hybridized carbons (Fsp3) is 0.613. The molecule has 0 aromatic heterocycles. The van der Waals surface area contributed by atoms with E-state index in [1.807, 2.05) is 0 Å². The van der Waals surface area contributed by atoms with Crippen LogP contribution in [0.4, 0.5) is 0 Å². The Balaban J connectivity index is 1.05. The number of hydrogen-bond acceptors (Lipinski definition) is 6. The Morgan fingerprint density at radius 1 is 0.923 bits per heavy atom. The zero-order chi connectivity index (χ0) is 27.4. The molecule has 1 aromatic carbocycles. The highest BCUT2D eigenvalue weighted by molar-refractivity contribution is 6.24. The van der Waals surface area contributed by atoms with Crippen LogP contribution in [0.1, 0.15) is 105 Å². The number of carbonyl (C=O) groups excluding carboxylic acids is 4. The maximum atomic E-state index is 13.2. The van der Waals surface area contributed by atoms with Gasteiger partial charge in [0.2, 0.25) is 11.8 Å². The van der Waals surface area contributed by atoms with Crippen LogP contribution < -0.4 is 10.1 Å². The van der Waals surface area contributed by atoms with Gasteiger partial charge in [0.25, 0.3) is 11.8 Å². The molecule has 1 N–H and O–H groups in total. The summed E-state index contributed by atoms with van der Waals surface area (Å²) in [6, 6.07) is 3.92. The third-order valence-corrected chi connectivity index (χ3v) is 8.78. The van der Waals surface area contributed by atoms with Gasteiger partial charge in [-0.25, -0.2) is 0 Å². The number of hydrogen-bond donors (Lipinski definition) is 1. The van der Waals surface area contributed by atoms with Crippen LogP contribution in [0.25, 0.3) is 0 Å². The van der Waals surface area contributed by atoms with Crippen molar-refractivity contribution in [2.75, 3.05) is 13.2 Å². The van der Waals surface area contributed by atoms with Crippen LogP contribution in [-0.4, -0.2) is 53.9 Å². The molecule has 4 amide bonds. The van der Waals surface area contributed by atoms with Crippen LogP contribution in [0.3, 0.4) is 0 Å². The number of nitrogens with zero attached hydrogens (tertiary/aromatic N) is 1. The second-order valence-corrected chi connectivity index (χ2v) is 11.6. The summed E-state index contributed by atoms with van der Waals surface area (Å²) in [6.07, 6.45) is 14.8. The van der Waals surface area contributed by atoms with Crippen molar-refractivity contribution in [3.8, 4) is 5.75 Å². The van der Waals surface area contributed by atoms with E-state index in [9.17, 15) is 19.2 Å². The third kappa shape index (κ3) is 6.43. The Morgan fingerprint density at radius 2 is 1.69 bits per heavy atom. The van der Waals surface area contributed by atoms with Gasteiger partial charge in [0, 0.05) is 12.8 Å². The molecule has 1 atom stereocenters. The Bertz CT molecular complexity index is 1130. The molecule has 2 aliphatic carbocycles. The Hall–Kier alpha value is -3.00. The van der Waals surface area contributed by atoms with Crippen LogP contribution in [-0.2, 0) is 14.3 Å². The Kier molecular flexibility index (Phi) is 8.80. The molecule has 210 valence electrons. The van der Waals surface area contributed by atoms with E-state index in [0.29, 0.717) is 25.4 Å². The number of piperidine rings is 1. The van der Waals surface area contributed by atoms with Crippen molar-refractivity contribution in [3.05, 3.63) is 41.0 Å². The summed E-state index contributed by atoms with van der Waals surface area (Å²) < 4.78 is 12.0. The first-order valence-corrected chi connectivity index (χ1v) is 14.7. The van der Waals surface area contributed by atoms with Crippen LogP contribution >= 0.6 is 0 Å². The van der Waals surface area contributed by atoms with Crippen molar-refractivity contribution in [1.29, 1.82) is 0 Å². The van der Waals surface area contributed by atoms with E-state index in [1.54, 1.807) is 23.8 Å². The van der Waals surface area contributed by atoms with Crippen molar-refractivity contribution < 1.29 is 28.7 Å². The van der Waals surface area contributed by atoms with Gasteiger partial charge in [0.05, 0.1) is 30.4 Å². The van der Waals surface area contributed by atoms with Crippen molar-refractivity contribution in [3.63, 3.8) is 0 Å². The van der Waals surface area contributed by atoms with Crippen LogP contribution in [0.5, 0.6) is 5.75 Å². The SMILES string of the molecule is CC1CCC(CC=C2CCC(OCCCOc3cccc4c3C(=O)N(C3CCC(=O)NC3=O)C4=O)CC2)CC1. The molecular formula is C31H40N2O6. The topological polar surface area (TPSA) is 102 Å². The first-order valence-electron chi connectivity index (χ1n) is 14.7. The van der Waals surface area contributed by atoms with Gasteiger partial charge < -0.3 is 9.47 Å². The molecule has 2 heterocycles. The summed E-state index contributed by atoms with van der Waals surface area (Å²) in [4.78, 5) is 50.9. The predicted octanol–water partition coefficient (Wildman–Crippen LogP) is 4.96. The van der Waals surface area contributed by atoms with Gasteiger partial charge in [0.15, 0.2) is 0 Å². The predicted molar refractivity (Wildman–Crippen MR) is 145 cm³/mol. The summed E-state index contributed by atoms with van der Waals surface area (Å²) in [7, 11) is 0. The van der Waals surface area contributed by atoms with Crippen LogP contribution in [0.2, 0.25) is 0 Å². The lowest BCUT2D eigenvalue weighted by Crippen LogP contribution is -2.54. The lowest BCUT2D eigenvalue weighted by molar-refractivity contribution is -0.136. The largest absolute Gasteiger partial charge is 0.493 e. The minimum atomic E-state index is -0.988. The molecule has 3 fully saturated rings.